The van der Waals surface area contributed by atoms with E-state index < -0.39 is 5.91 Å². The van der Waals surface area contributed by atoms with Gasteiger partial charge in [-0.15, -0.1) is 0 Å². The molecule has 0 aliphatic carbocycles. The number of amides is 1. The Balaban J connectivity index is 3.21. The Morgan fingerprint density at radius 1 is 1.60 bits per heavy atom. The number of nitrogens with one attached hydrogen (secondary N) is 1. The summed E-state index contributed by atoms with van der Waals surface area (Å²) >= 11 is 0. The zero-order valence-electron chi connectivity index (χ0n) is 6.39. The van der Waals surface area contributed by atoms with Gasteiger partial charge in [0.15, 0.2) is 0 Å². The van der Waals surface area contributed by atoms with Crippen LogP contribution in [-0.4, -0.2) is 11.9 Å². The average molecular weight is 143 g/mol. The van der Waals surface area contributed by atoms with Gasteiger partial charge in [0.2, 0.25) is 5.91 Å². The molecule has 0 fully saturated rings. The zero-order chi connectivity index (χ0) is 7.98. The highest BCUT2D eigenvalue weighted by Gasteiger charge is 2.02. The summed E-state index contributed by atoms with van der Waals surface area (Å²) < 4.78 is 0. The van der Waals surface area contributed by atoms with Crippen molar-refractivity contribution in [2.45, 2.75) is 38.6 Å². The van der Waals surface area contributed by atoms with E-state index in [-0.39, 0.29) is 6.04 Å². The Labute approximate surface area is 61.8 Å². The average Bonchev–Trinajstić information content (AvgIpc) is 1.85. The van der Waals surface area contributed by atoms with Crippen molar-refractivity contribution in [1.29, 1.82) is 0 Å². The molecule has 0 saturated carbocycles. The van der Waals surface area contributed by atoms with E-state index in [1.54, 1.807) is 0 Å². The van der Waals surface area contributed by atoms with E-state index in [9.17, 15) is 4.79 Å². The van der Waals surface area contributed by atoms with Crippen LogP contribution in [0.25, 0.3) is 0 Å². The minimum absolute atomic E-state index is 0.110. The third-order valence-corrected chi connectivity index (χ3v) is 1.40. The Morgan fingerprint density at radius 2 is 2.20 bits per heavy atom. The van der Waals surface area contributed by atoms with Gasteiger partial charge in [-0.1, -0.05) is 13.3 Å². The van der Waals surface area contributed by atoms with Gasteiger partial charge in [-0.3, -0.25) is 10.5 Å². The minimum Gasteiger partial charge on any atom is -0.328 e. The molecule has 0 aliphatic rings. The Bertz CT molecular complexity index is 104. The zero-order valence-corrected chi connectivity index (χ0v) is 6.39. The van der Waals surface area contributed by atoms with Gasteiger partial charge < -0.3 is 5.73 Å². The van der Waals surface area contributed by atoms with Gasteiger partial charge in [0, 0.05) is 12.5 Å². The van der Waals surface area contributed by atoms with Crippen LogP contribution in [0, 0.1) is 0 Å². The van der Waals surface area contributed by atoms with Crippen molar-refractivity contribution in [2.24, 2.45) is 5.73 Å². The lowest BCUT2D eigenvalue weighted by atomic mass is 10.1. The largest absolute Gasteiger partial charge is 0.328 e. The number of carbonyl (C=O) groups is 1. The second-order valence-corrected chi connectivity index (χ2v) is 2.51. The van der Waals surface area contributed by atoms with Gasteiger partial charge in [-0.25, -0.2) is 0 Å². The van der Waals surface area contributed by atoms with Gasteiger partial charge in [-0.2, -0.15) is 0 Å². The van der Waals surface area contributed by atoms with Crippen LogP contribution in [0.4, 0.5) is 0 Å². The summed E-state index contributed by atoms with van der Waals surface area (Å²) in [6.07, 6.45) is 2.97. The molecule has 1 amide bonds. The van der Waals surface area contributed by atoms with Crippen molar-refractivity contribution in [3.8, 4) is 0 Å². The lowest BCUT2D eigenvalue weighted by Gasteiger charge is -2.06. The van der Waals surface area contributed by atoms with Crippen molar-refractivity contribution >= 4 is 5.91 Å². The highest BCUT2D eigenvalue weighted by molar-refractivity contribution is 5.72. The first-order valence-corrected chi connectivity index (χ1v) is 3.66. The quantitative estimate of drug-likeness (QED) is 0.615. The number of hydrogen-bond acceptors (Lipinski definition) is 2. The molecule has 3 heteroatoms. The fourth-order valence-electron chi connectivity index (χ4n) is 0.832. The van der Waals surface area contributed by atoms with E-state index in [2.05, 4.69) is 6.92 Å². The van der Waals surface area contributed by atoms with Crippen LogP contribution < -0.4 is 11.5 Å². The maximum atomic E-state index is 10.2. The van der Waals surface area contributed by atoms with Gasteiger partial charge in [0.1, 0.15) is 0 Å². The summed E-state index contributed by atoms with van der Waals surface area (Å²) in [6, 6.07) is 0.110. The molecule has 0 saturated heterocycles. The topological polar surface area (TPSA) is 66.9 Å². The summed E-state index contributed by atoms with van der Waals surface area (Å²) in [7, 11) is 0. The molecule has 0 bridgehead atoms. The molecule has 10 heavy (non-hydrogen) atoms. The molecule has 1 radical (unpaired) electrons. The van der Waals surface area contributed by atoms with Crippen LogP contribution in [0.3, 0.4) is 0 Å². The van der Waals surface area contributed by atoms with Crippen LogP contribution in [0.5, 0.6) is 0 Å². The third-order valence-electron chi connectivity index (χ3n) is 1.40. The molecule has 3 nitrogen and oxygen atoms in total. The second-order valence-electron chi connectivity index (χ2n) is 2.51. The summed E-state index contributed by atoms with van der Waals surface area (Å²) in [4.78, 5) is 10.2. The van der Waals surface area contributed by atoms with Gasteiger partial charge in [0.25, 0.3) is 0 Å². The second kappa shape index (κ2) is 5.23. The van der Waals surface area contributed by atoms with E-state index in [0.717, 1.165) is 12.8 Å². The Hall–Kier alpha value is -0.570. The van der Waals surface area contributed by atoms with E-state index in [0.29, 0.717) is 12.8 Å². The van der Waals surface area contributed by atoms with Crippen molar-refractivity contribution in [3.05, 3.63) is 0 Å². The fraction of sp³-hybridized carbons (Fsp3) is 0.857. The monoisotopic (exact) mass is 143 g/mol. The molecule has 0 spiro atoms. The number of nitrogens with two attached hydrogens (primary N) is 1. The van der Waals surface area contributed by atoms with Crippen molar-refractivity contribution < 1.29 is 4.79 Å². The number of hydrogen-bond donors (Lipinski definition) is 1. The molecule has 0 aliphatic heterocycles. The van der Waals surface area contributed by atoms with Gasteiger partial charge in [0.05, 0.1) is 0 Å². The molecular formula is C7H15N2O. The molecule has 3 N–H and O–H groups in total. The molecule has 0 aromatic heterocycles. The van der Waals surface area contributed by atoms with E-state index in [1.165, 1.54) is 0 Å². The minimum atomic E-state index is -0.508. The predicted molar refractivity (Wildman–Crippen MR) is 40.2 cm³/mol. The standard InChI is InChI=1S/C7H15N2O/c1-2-3-6(8)4-5-7(9)10/h6,9H,2-5,8H2,1H3. The lowest BCUT2D eigenvalue weighted by Crippen LogP contribution is -2.20. The van der Waals surface area contributed by atoms with Gasteiger partial charge >= 0.3 is 0 Å². The maximum Gasteiger partial charge on any atom is 0.238 e. The normalized spacial score (nSPS) is 13.0. The summed E-state index contributed by atoms with van der Waals surface area (Å²) in [5.74, 6) is -0.508. The summed E-state index contributed by atoms with van der Waals surface area (Å²) in [5.41, 5.74) is 12.2. The SMILES string of the molecule is CCCC(N)CCC([NH])=O. The van der Waals surface area contributed by atoms with Crippen molar-refractivity contribution in [3.63, 3.8) is 0 Å². The molecule has 0 heterocycles. The van der Waals surface area contributed by atoms with E-state index in [1.807, 2.05) is 0 Å². The van der Waals surface area contributed by atoms with Crippen LogP contribution in [0.15, 0.2) is 0 Å². The predicted octanol–water partition coefficient (Wildman–Crippen LogP) is 0.704. The Morgan fingerprint density at radius 3 is 2.60 bits per heavy atom. The van der Waals surface area contributed by atoms with Crippen molar-refractivity contribution in [2.75, 3.05) is 0 Å². The van der Waals surface area contributed by atoms with Crippen LogP contribution in [0.1, 0.15) is 32.6 Å². The summed E-state index contributed by atoms with van der Waals surface area (Å²) in [5, 5.41) is 0. The maximum absolute atomic E-state index is 10.2. The van der Waals surface area contributed by atoms with Crippen LogP contribution >= 0.6 is 0 Å². The van der Waals surface area contributed by atoms with Crippen molar-refractivity contribution in [1.82, 2.24) is 5.73 Å². The van der Waals surface area contributed by atoms with E-state index in [4.69, 9.17) is 11.5 Å². The first kappa shape index (κ1) is 9.43. The Kier molecular flexibility index (Phi) is 4.94. The molecular weight excluding hydrogens is 128 g/mol. The smallest absolute Gasteiger partial charge is 0.238 e. The fourth-order valence-corrected chi connectivity index (χ4v) is 0.832. The molecule has 1 unspecified atom stereocenters. The van der Waals surface area contributed by atoms with Crippen LogP contribution in [-0.2, 0) is 4.79 Å². The van der Waals surface area contributed by atoms with Crippen LogP contribution in [0.2, 0.25) is 0 Å². The molecule has 59 valence electrons. The summed E-state index contributed by atoms with van der Waals surface area (Å²) in [6.45, 7) is 2.06. The molecule has 1 atom stereocenters. The first-order chi connectivity index (χ1) is 4.66. The highest BCUT2D eigenvalue weighted by Crippen LogP contribution is 2.00. The number of rotatable bonds is 5. The van der Waals surface area contributed by atoms with Gasteiger partial charge in [-0.05, 0) is 12.8 Å². The number of carbonyl (C=O) groups excluding carboxylic acids is 1. The third kappa shape index (κ3) is 5.56. The molecule has 0 rings (SSSR count). The highest BCUT2D eigenvalue weighted by atomic mass is 16.1. The van der Waals surface area contributed by atoms with E-state index >= 15 is 0 Å². The first-order valence-electron chi connectivity index (χ1n) is 3.66. The molecule has 0 aromatic carbocycles. The molecule has 0 aromatic rings. The lowest BCUT2D eigenvalue weighted by molar-refractivity contribution is -0.118.